The highest BCUT2D eigenvalue weighted by Crippen LogP contribution is 2.40. The first-order chi connectivity index (χ1) is 9.15. The van der Waals surface area contributed by atoms with E-state index in [2.05, 4.69) is 30.3 Å². The third-order valence-corrected chi connectivity index (χ3v) is 4.90. The molecule has 1 aromatic rings. The normalized spacial score (nSPS) is 20.4. The van der Waals surface area contributed by atoms with Gasteiger partial charge in [0.1, 0.15) is 0 Å². The first kappa shape index (κ1) is 14.6. The van der Waals surface area contributed by atoms with Crippen molar-refractivity contribution in [3.63, 3.8) is 0 Å². The minimum Gasteiger partial charge on any atom is -0.314 e. The molecule has 3 heteroatoms. The number of aromatic nitrogens is 2. The minimum absolute atomic E-state index is 0.493. The Hall–Kier alpha value is -0.830. The van der Waals surface area contributed by atoms with Gasteiger partial charge >= 0.3 is 0 Å². The zero-order valence-corrected chi connectivity index (χ0v) is 12.8. The number of nitrogens with zero attached hydrogens (tertiary/aromatic N) is 2. The van der Waals surface area contributed by atoms with E-state index in [9.17, 15) is 0 Å². The second-order valence-electron chi connectivity index (χ2n) is 6.31. The van der Waals surface area contributed by atoms with E-state index in [1.165, 1.54) is 44.2 Å². The Labute approximate surface area is 117 Å². The summed E-state index contributed by atoms with van der Waals surface area (Å²) in [6, 6.07) is 2.79. The molecule has 0 bridgehead atoms. The van der Waals surface area contributed by atoms with Gasteiger partial charge in [0, 0.05) is 25.0 Å². The quantitative estimate of drug-likeness (QED) is 0.853. The molecule has 0 saturated heterocycles. The molecule has 1 fully saturated rings. The van der Waals surface area contributed by atoms with Crippen molar-refractivity contribution in [1.82, 2.24) is 15.1 Å². The van der Waals surface area contributed by atoms with E-state index in [1.807, 2.05) is 17.9 Å². The SMILES string of the molecule is CCNC(CCc1ccnn1C)C1(C)CCCCC1. The molecule has 108 valence electrons. The van der Waals surface area contributed by atoms with Gasteiger partial charge in [-0.3, -0.25) is 4.68 Å². The van der Waals surface area contributed by atoms with Gasteiger partial charge in [0.25, 0.3) is 0 Å². The van der Waals surface area contributed by atoms with Crippen LogP contribution in [0.4, 0.5) is 0 Å². The molecule has 1 atom stereocenters. The van der Waals surface area contributed by atoms with E-state index in [4.69, 9.17) is 0 Å². The standard InChI is InChI=1S/C16H29N3/c1-4-17-15(16(2)11-6-5-7-12-16)9-8-14-10-13-18-19(14)3/h10,13,15,17H,4-9,11-12H2,1-3H3. The van der Waals surface area contributed by atoms with Gasteiger partial charge in [-0.05, 0) is 43.7 Å². The van der Waals surface area contributed by atoms with Crippen LogP contribution in [0.1, 0.15) is 58.1 Å². The summed E-state index contributed by atoms with van der Waals surface area (Å²) in [6.45, 7) is 5.79. The summed E-state index contributed by atoms with van der Waals surface area (Å²) in [4.78, 5) is 0. The molecule has 1 heterocycles. The van der Waals surface area contributed by atoms with Crippen LogP contribution in [0.2, 0.25) is 0 Å². The van der Waals surface area contributed by atoms with Crippen molar-refractivity contribution in [3.05, 3.63) is 18.0 Å². The molecule has 1 N–H and O–H groups in total. The van der Waals surface area contributed by atoms with Crippen LogP contribution in [-0.4, -0.2) is 22.4 Å². The van der Waals surface area contributed by atoms with Crippen LogP contribution in [0, 0.1) is 5.41 Å². The summed E-state index contributed by atoms with van der Waals surface area (Å²) in [5.41, 5.74) is 1.84. The van der Waals surface area contributed by atoms with E-state index >= 15 is 0 Å². The van der Waals surface area contributed by atoms with Crippen LogP contribution >= 0.6 is 0 Å². The van der Waals surface area contributed by atoms with Crippen molar-refractivity contribution in [2.45, 2.75) is 64.8 Å². The largest absolute Gasteiger partial charge is 0.314 e. The number of hydrogen-bond donors (Lipinski definition) is 1. The van der Waals surface area contributed by atoms with Gasteiger partial charge in [0.15, 0.2) is 0 Å². The first-order valence-electron chi connectivity index (χ1n) is 7.86. The molecular formula is C16H29N3. The van der Waals surface area contributed by atoms with Crippen molar-refractivity contribution >= 4 is 0 Å². The summed E-state index contributed by atoms with van der Waals surface area (Å²) in [5.74, 6) is 0. The van der Waals surface area contributed by atoms with E-state index in [0.717, 1.165) is 13.0 Å². The third kappa shape index (κ3) is 3.59. The van der Waals surface area contributed by atoms with Crippen molar-refractivity contribution in [1.29, 1.82) is 0 Å². The van der Waals surface area contributed by atoms with E-state index in [0.29, 0.717) is 11.5 Å². The lowest BCUT2D eigenvalue weighted by molar-refractivity contribution is 0.138. The molecule has 0 aliphatic heterocycles. The lowest BCUT2D eigenvalue weighted by Gasteiger charge is -2.41. The monoisotopic (exact) mass is 263 g/mol. The highest BCUT2D eigenvalue weighted by Gasteiger charge is 2.34. The number of rotatable bonds is 6. The Balaban J connectivity index is 1.97. The van der Waals surface area contributed by atoms with Crippen LogP contribution in [0.3, 0.4) is 0 Å². The maximum atomic E-state index is 4.27. The number of aryl methyl sites for hydroxylation is 2. The Kier molecular flexibility index (Phi) is 5.03. The number of hydrogen-bond acceptors (Lipinski definition) is 2. The van der Waals surface area contributed by atoms with Gasteiger partial charge in [-0.25, -0.2) is 0 Å². The summed E-state index contributed by atoms with van der Waals surface area (Å²) < 4.78 is 2.01. The fourth-order valence-corrected chi connectivity index (χ4v) is 3.59. The lowest BCUT2D eigenvalue weighted by atomic mass is 9.69. The molecule has 1 aliphatic rings. The molecule has 2 rings (SSSR count). The maximum Gasteiger partial charge on any atom is 0.0492 e. The van der Waals surface area contributed by atoms with Crippen LogP contribution in [0.5, 0.6) is 0 Å². The van der Waals surface area contributed by atoms with Gasteiger partial charge in [-0.1, -0.05) is 33.1 Å². The van der Waals surface area contributed by atoms with Crippen molar-refractivity contribution < 1.29 is 0 Å². The molecule has 1 aliphatic carbocycles. The van der Waals surface area contributed by atoms with Gasteiger partial charge in [0.05, 0.1) is 0 Å². The Bertz CT molecular complexity index is 377. The van der Waals surface area contributed by atoms with Gasteiger partial charge in [-0.2, -0.15) is 5.10 Å². The fraction of sp³-hybridized carbons (Fsp3) is 0.812. The highest BCUT2D eigenvalue weighted by atomic mass is 15.2. The molecule has 1 aromatic heterocycles. The topological polar surface area (TPSA) is 29.9 Å². The van der Waals surface area contributed by atoms with Gasteiger partial charge in [0.2, 0.25) is 0 Å². The van der Waals surface area contributed by atoms with Crippen molar-refractivity contribution in [2.75, 3.05) is 6.54 Å². The lowest BCUT2D eigenvalue weighted by Crippen LogP contribution is -2.45. The second-order valence-corrected chi connectivity index (χ2v) is 6.31. The molecule has 1 unspecified atom stereocenters. The summed E-state index contributed by atoms with van der Waals surface area (Å²) in [5, 5.41) is 8.01. The molecule has 3 nitrogen and oxygen atoms in total. The predicted molar refractivity (Wildman–Crippen MR) is 80.2 cm³/mol. The summed E-state index contributed by atoms with van der Waals surface area (Å²) >= 11 is 0. The fourth-order valence-electron chi connectivity index (χ4n) is 3.59. The average Bonchev–Trinajstić information content (AvgIpc) is 2.81. The molecule has 0 radical (unpaired) electrons. The van der Waals surface area contributed by atoms with Gasteiger partial charge < -0.3 is 5.32 Å². The van der Waals surface area contributed by atoms with Crippen LogP contribution in [-0.2, 0) is 13.5 Å². The molecule has 1 saturated carbocycles. The average molecular weight is 263 g/mol. The van der Waals surface area contributed by atoms with E-state index < -0.39 is 0 Å². The van der Waals surface area contributed by atoms with E-state index in [-0.39, 0.29) is 0 Å². The third-order valence-electron chi connectivity index (χ3n) is 4.90. The summed E-state index contributed by atoms with van der Waals surface area (Å²) in [7, 11) is 2.04. The minimum atomic E-state index is 0.493. The van der Waals surface area contributed by atoms with Gasteiger partial charge in [-0.15, -0.1) is 0 Å². The Morgan fingerprint density at radius 2 is 2.11 bits per heavy atom. The summed E-state index contributed by atoms with van der Waals surface area (Å²) in [6.07, 6.45) is 11.3. The zero-order chi connectivity index (χ0) is 13.7. The molecule has 19 heavy (non-hydrogen) atoms. The van der Waals surface area contributed by atoms with Crippen molar-refractivity contribution in [3.8, 4) is 0 Å². The smallest absolute Gasteiger partial charge is 0.0492 e. The van der Waals surface area contributed by atoms with Crippen LogP contribution in [0.15, 0.2) is 12.3 Å². The molecule has 0 spiro atoms. The maximum absolute atomic E-state index is 4.27. The first-order valence-corrected chi connectivity index (χ1v) is 7.86. The Morgan fingerprint density at radius 1 is 1.37 bits per heavy atom. The highest BCUT2D eigenvalue weighted by molar-refractivity contribution is 5.02. The van der Waals surface area contributed by atoms with Crippen LogP contribution < -0.4 is 5.32 Å². The molecule has 0 aromatic carbocycles. The van der Waals surface area contributed by atoms with Crippen molar-refractivity contribution in [2.24, 2.45) is 12.5 Å². The molecular weight excluding hydrogens is 234 g/mol. The second kappa shape index (κ2) is 6.56. The van der Waals surface area contributed by atoms with E-state index in [1.54, 1.807) is 0 Å². The van der Waals surface area contributed by atoms with Crippen LogP contribution in [0.25, 0.3) is 0 Å². The number of nitrogens with one attached hydrogen (secondary N) is 1. The molecule has 0 amide bonds. The Morgan fingerprint density at radius 3 is 2.68 bits per heavy atom. The zero-order valence-electron chi connectivity index (χ0n) is 12.8. The predicted octanol–water partition coefficient (Wildman–Crippen LogP) is 3.30.